The first-order valence-electron chi connectivity index (χ1n) is 8.79. The predicted octanol–water partition coefficient (Wildman–Crippen LogP) is 2.02. The fourth-order valence-corrected chi connectivity index (χ4v) is 3.26. The molecule has 7 heteroatoms. The summed E-state index contributed by atoms with van der Waals surface area (Å²) in [7, 11) is 0. The van der Waals surface area contributed by atoms with E-state index in [1.807, 2.05) is 31.3 Å². The van der Waals surface area contributed by atoms with Gasteiger partial charge in [-0.25, -0.2) is 4.68 Å². The number of aromatic nitrogens is 4. The lowest BCUT2D eigenvalue weighted by molar-refractivity contribution is -0.122. The summed E-state index contributed by atoms with van der Waals surface area (Å²) in [6.45, 7) is 1.78. The van der Waals surface area contributed by atoms with E-state index >= 15 is 0 Å². The average molecular weight is 361 g/mol. The van der Waals surface area contributed by atoms with Crippen molar-refractivity contribution in [3.8, 4) is 0 Å². The quantitative estimate of drug-likeness (QED) is 0.569. The Morgan fingerprint density at radius 1 is 1.15 bits per heavy atom. The minimum Gasteiger partial charge on any atom is -0.361 e. The number of benzene rings is 2. The van der Waals surface area contributed by atoms with Crippen LogP contribution in [0.3, 0.4) is 0 Å². The molecule has 7 nitrogen and oxygen atoms in total. The van der Waals surface area contributed by atoms with E-state index in [9.17, 15) is 9.59 Å². The van der Waals surface area contributed by atoms with Crippen molar-refractivity contribution >= 4 is 27.7 Å². The molecule has 0 fully saturated rings. The van der Waals surface area contributed by atoms with E-state index < -0.39 is 0 Å². The van der Waals surface area contributed by atoms with Gasteiger partial charge in [-0.05, 0) is 37.1 Å². The summed E-state index contributed by atoms with van der Waals surface area (Å²) >= 11 is 0. The monoisotopic (exact) mass is 361 g/mol. The van der Waals surface area contributed by atoms with Gasteiger partial charge in [-0.15, -0.1) is 5.10 Å². The minimum absolute atomic E-state index is 0.0826. The summed E-state index contributed by atoms with van der Waals surface area (Å²) in [5.41, 5.74) is 2.41. The Labute approximate surface area is 155 Å². The Kier molecular flexibility index (Phi) is 4.42. The van der Waals surface area contributed by atoms with E-state index in [1.54, 1.807) is 24.3 Å². The first kappa shape index (κ1) is 17.0. The van der Waals surface area contributed by atoms with Crippen LogP contribution in [-0.4, -0.2) is 31.9 Å². The number of carbonyl (C=O) groups is 1. The van der Waals surface area contributed by atoms with Crippen molar-refractivity contribution in [2.45, 2.75) is 25.9 Å². The third kappa shape index (κ3) is 3.44. The maximum absolute atomic E-state index is 12.4. The standard InChI is InChI=1S/C20H19N5O2/c1-13(10-14-11-21-17-8-4-2-6-15(14)17)22-19(26)12-25-20(27)16-7-3-5-9-18(16)23-24-25/h2-9,11,13,21H,10,12H2,1H3,(H,22,26)/t13-/m1/s1. The van der Waals surface area contributed by atoms with E-state index in [0.29, 0.717) is 17.3 Å². The van der Waals surface area contributed by atoms with Crippen LogP contribution in [0.25, 0.3) is 21.8 Å². The van der Waals surface area contributed by atoms with Crippen molar-refractivity contribution in [2.75, 3.05) is 0 Å². The smallest absolute Gasteiger partial charge is 0.278 e. The van der Waals surface area contributed by atoms with Gasteiger partial charge in [0.25, 0.3) is 5.56 Å². The fourth-order valence-electron chi connectivity index (χ4n) is 3.26. The van der Waals surface area contributed by atoms with Gasteiger partial charge in [-0.1, -0.05) is 35.5 Å². The van der Waals surface area contributed by atoms with Crippen molar-refractivity contribution in [3.63, 3.8) is 0 Å². The normalized spacial score (nSPS) is 12.3. The Hall–Kier alpha value is -3.48. The number of amides is 1. The Balaban J connectivity index is 1.45. The Morgan fingerprint density at radius 3 is 2.74 bits per heavy atom. The molecule has 1 amide bonds. The maximum atomic E-state index is 12.4. The highest BCUT2D eigenvalue weighted by atomic mass is 16.2. The van der Waals surface area contributed by atoms with Crippen LogP contribution >= 0.6 is 0 Å². The van der Waals surface area contributed by atoms with Crippen LogP contribution in [0.4, 0.5) is 0 Å². The maximum Gasteiger partial charge on any atom is 0.278 e. The number of hydrogen-bond donors (Lipinski definition) is 2. The summed E-state index contributed by atoms with van der Waals surface area (Å²) in [6, 6.07) is 14.9. The van der Waals surface area contributed by atoms with Crippen LogP contribution < -0.4 is 10.9 Å². The number of carbonyl (C=O) groups excluding carboxylic acids is 1. The highest BCUT2D eigenvalue weighted by Crippen LogP contribution is 2.18. The lowest BCUT2D eigenvalue weighted by Crippen LogP contribution is -2.39. The van der Waals surface area contributed by atoms with Crippen LogP contribution in [0.2, 0.25) is 0 Å². The molecule has 0 unspecified atom stereocenters. The lowest BCUT2D eigenvalue weighted by atomic mass is 10.1. The van der Waals surface area contributed by atoms with Gasteiger partial charge >= 0.3 is 0 Å². The van der Waals surface area contributed by atoms with Crippen molar-refractivity contribution in [2.24, 2.45) is 0 Å². The molecule has 0 aliphatic heterocycles. The molecule has 0 saturated heterocycles. The predicted molar refractivity (Wildman–Crippen MR) is 103 cm³/mol. The largest absolute Gasteiger partial charge is 0.361 e. The van der Waals surface area contributed by atoms with Crippen LogP contribution in [0.1, 0.15) is 12.5 Å². The molecule has 2 heterocycles. The van der Waals surface area contributed by atoms with Crippen LogP contribution in [0.15, 0.2) is 59.5 Å². The summed E-state index contributed by atoms with van der Waals surface area (Å²) < 4.78 is 1.09. The summed E-state index contributed by atoms with van der Waals surface area (Å²) in [4.78, 5) is 28.0. The molecule has 2 aromatic carbocycles. The molecule has 0 saturated carbocycles. The van der Waals surface area contributed by atoms with E-state index in [1.165, 1.54) is 0 Å². The van der Waals surface area contributed by atoms with Gasteiger partial charge in [0.15, 0.2) is 0 Å². The second-order valence-electron chi connectivity index (χ2n) is 6.60. The Morgan fingerprint density at radius 2 is 1.89 bits per heavy atom. The molecule has 0 aliphatic rings. The van der Waals surface area contributed by atoms with Gasteiger partial charge in [0.05, 0.1) is 5.39 Å². The van der Waals surface area contributed by atoms with Gasteiger partial charge in [0, 0.05) is 23.1 Å². The second kappa shape index (κ2) is 7.03. The van der Waals surface area contributed by atoms with Crippen molar-refractivity contribution in [1.82, 2.24) is 25.3 Å². The fraction of sp³-hybridized carbons (Fsp3) is 0.200. The van der Waals surface area contributed by atoms with Crippen LogP contribution in [0.5, 0.6) is 0 Å². The van der Waals surface area contributed by atoms with E-state index in [2.05, 4.69) is 26.7 Å². The topological polar surface area (TPSA) is 92.7 Å². The highest BCUT2D eigenvalue weighted by Gasteiger charge is 2.13. The highest BCUT2D eigenvalue weighted by molar-refractivity contribution is 5.83. The third-order valence-electron chi connectivity index (χ3n) is 4.53. The van der Waals surface area contributed by atoms with E-state index in [-0.39, 0.29) is 24.1 Å². The molecule has 27 heavy (non-hydrogen) atoms. The molecule has 4 rings (SSSR count). The number of H-pyrrole nitrogens is 1. The average Bonchev–Trinajstić information content (AvgIpc) is 3.07. The second-order valence-corrected chi connectivity index (χ2v) is 6.60. The van der Waals surface area contributed by atoms with Crippen molar-refractivity contribution in [3.05, 3.63) is 70.6 Å². The SMILES string of the molecule is C[C@H](Cc1c[nH]c2ccccc12)NC(=O)Cn1nnc2ccccc2c1=O. The molecule has 0 bridgehead atoms. The molecule has 1 atom stereocenters. The number of aromatic amines is 1. The molecule has 4 aromatic rings. The summed E-state index contributed by atoms with van der Waals surface area (Å²) in [5.74, 6) is -0.269. The first-order chi connectivity index (χ1) is 13.1. The number of nitrogens with zero attached hydrogens (tertiary/aromatic N) is 3. The third-order valence-corrected chi connectivity index (χ3v) is 4.53. The van der Waals surface area contributed by atoms with E-state index in [4.69, 9.17) is 0 Å². The minimum atomic E-state index is -0.319. The molecule has 2 aromatic heterocycles. The molecule has 2 N–H and O–H groups in total. The van der Waals surface area contributed by atoms with Crippen LogP contribution in [-0.2, 0) is 17.8 Å². The lowest BCUT2D eigenvalue weighted by Gasteiger charge is -2.14. The number of fused-ring (bicyclic) bond motifs is 2. The zero-order valence-electron chi connectivity index (χ0n) is 14.8. The van der Waals surface area contributed by atoms with Gasteiger partial charge in [0.2, 0.25) is 5.91 Å². The van der Waals surface area contributed by atoms with Gasteiger partial charge in [-0.2, -0.15) is 0 Å². The van der Waals surface area contributed by atoms with Gasteiger partial charge < -0.3 is 10.3 Å². The summed E-state index contributed by atoms with van der Waals surface area (Å²) in [5, 5.41) is 12.4. The van der Waals surface area contributed by atoms with Crippen molar-refractivity contribution < 1.29 is 4.79 Å². The molecule has 136 valence electrons. The van der Waals surface area contributed by atoms with Crippen LogP contribution in [0, 0.1) is 0 Å². The van der Waals surface area contributed by atoms with E-state index in [0.717, 1.165) is 21.1 Å². The molecule has 0 aliphatic carbocycles. The zero-order chi connectivity index (χ0) is 18.8. The van der Waals surface area contributed by atoms with Crippen molar-refractivity contribution in [1.29, 1.82) is 0 Å². The Bertz CT molecular complexity index is 1180. The molecule has 0 radical (unpaired) electrons. The zero-order valence-corrected chi connectivity index (χ0v) is 14.8. The number of hydrogen-bond acceptors (Lipinski definition) is 4. The molecule has 0 spiro atoms. The number of nitrogens with one attached hydrogen (secondary N) is 2. The summed E-state index contributed by atoms with van der Waals surface area (Å²) in [6.07, 6.45) is 2.65. The molecular formula is C20H19N5O2. The van der Waals surface area contributed by atoms with Gasteiger partial charge in [-0.3, -0.25) is 9.59 Å². The number of para-hydroxylation sites is 1. The molecular weight excluding hydrogens is 342 g/mol. The first-order valence-corrected chi connectivity index (χ1v) is 8.79. The van der Waals surface area contributed by atoms with Gasteiger partial charge in [0.1, 0.15) is 12.1 Å². The number of rotatable bonds is 5.